The van der Waals surface area contributed by atoms with E-state index in [0.29, 0.717) is 11.1 Å². The summed E-state index contributed by atoms with van der Waals surface area (Å²) in [5, 5.41) is 0. The van der Waals surface area contributed by atoms with E-state index in [1.807, 2.05) is 36.4 Å². The summed E-state index contributed by atoms with van der Waals surface area (Å²) in [5.41, 5.74) is 2.84. The first-order valence-electron chi connectivity index (χ1n) is 7.86. The van der Waals surface area contributed by atoms with Gasteiger partial charge in [0.1, 0.15) is 18.6 Å². The second kappa shape index (κ2) is 7.71. The fourth-order valence-corrected chi connectivity index (χ4v) is 2.57. The van der Waals surface area contributed by atoms with Crippen molar-refractivity contribution in [3.8, 4) is 16.9 Å². The SMILES string of the molecule is O=CCc1cccc(-c2cc(F)c(F)cc2OCc2ccccc2)c1. The van der Waals surface area contributed by atoms with Gasteiger partial charge in [-0.05, 0) is 22.8 Å². The molecule has 0 aliphatic carbocycles. The zero-order chi connectivity index (χ0) is 17.6. The molecule has 0 unspecified atom stereocenters. The lowest BCUT2D eigenvalue weighted by Gasteiger charge is -2.13. The predicted molar refractivity (Wildman–Crippen MR) is 92.3 cm³/mol. The third-order valence-corrected chi connectivity index (χ3v) is 3.82. The van der Waals surface area contributed by atoms with Crippen LogP contribution >= 0.6 is 0 Å². The van der Waals surface area contributed by atoms with Gasteiger partial charge in [0.05, 0.1) is 0 Å². The van der Waals surface area contributed by atoms with E-state index in [4.69, 9.17) is 4.74 Å². The normalized spacial score (nSPS) is 10.5. The summed E-state index contributed by atoms with van der Waals surface area (Å²) in [6.07, 6.45) is 1.06. The van der Waals surface area contributed by atoms with Gasteiger partial charge in [0, 0.05) is 18.1 Å². The number of hydrogen-bond donors (Lipinski definition) is 0. The first-order chi connectivity index (χ1) is 12.2. The molecule has 3 aromatic carbocycles. The van der Waals surface area contributed by atoms with Crippen LogP contribution in [0.4, 0.5) is 8.78 Å². The van der Waals surface area contributed by atoms with Crippen molar-refractivity contribution in [2.24, 2.45) is 0 Å². The van der Waals surface area contributed by atoms with Crippen molar-refractivity contribution in [3.63, 3.8) is 0 Å². The minimum absolute atomic E-state index is 0.243. The Labute approximate surface area is 144 Å². The van der Waals surface area contributed by atoms with Gasteiger partial charge in [-0.3, -0.25) is 0 Å². The lowest BCUT2D eigenvalue weighted by atomic mass is 10.0. The molecule has 25 heavy (non-hydrogen) atoms. The van der Waals surface area contributed by atoms with Crippen molar-refractivity contribution in [1.29, 1.82) is 0 Å². The third-order valence-electron chi connectivity index (χ3n) is 3.82. The van der Waals surface area contributed by atoms with Crippen LogP contribution in [0.25, 0.3) is 11.1 Å². The first kappa shape index (κ1) is 16.8. The van der Waals surface area contributed by atoms with Crippen molar-refractivity contribution in [1.82, 2.24) is 0 Å². The molecule has 0 saturated heterocycles. The summed E-state index contributed by atoms with van der Waals surface area (Å²) in [5.74, 6) is -1.65. The lowest BCUT2D eigenvalue weighted by molar-refractivity contribution is -0.107. The maximum absolute atomic E-state index is 13.8. The van der Waals surface area contributed by atoms with Crippen molar-refractivity contribution >= 4 is 6.29 Å². The van der Waals surface area contributed by atoms with Crippen molar-refractivity contribution in [2.45, 2.75) is 13.0 Å². The lowest BCUT2D eigenvalue weighted by Crippen LogP contribution is -1.99. The summed E-state index contributed by atoms with van der Waals surface area (Å²) in [6.45, 7) is 0.243. The molecule has 0 aliphatic rings. The Kier molecular flexibility index (Phi) is 5.19. The molecule has 3 aromatic rings. The number of halogens is 2. The average molecular weight is 338 g/mol. The monoisotopic (exact) mass is 338 g/mol. The van der Waals surface area contributed by atoms with Crippen LogP contribution in [0.2, 0.25) is 0 Å². The maximum atomic E-state index is 13.8. The van der Waals surface area contributed by atoms with Crippen LogP contribution in [0.3, 0.4) is 0 Å². The van der Waals surface area contributed by atoms with Crippen LogP contribution in [-0.2, 0) is 17.8 Å². The summed E-state index contributed by atoms with van der Waals surface area (Å²) in [7, 11) is 0. The third kappa shape index (κ3) is 4.10. The van der Waals surface area contributed by atoms with E-state index >= 15 is 0 Å². The molecule has 0 fully saturated rings. The van der Waals surface area contributed by atoms with Crippen molar-refractivity contribution < 1.29 is 18.3 Å². The number of rotatable bonds is 6. The molecule has 0 aliphatic heterocycles. The fourth-order valence-electron chi connectivity index (χ4n) is 2.57. The highest BCUT2D eigenvalue weighted by atomic mass is 19.2. The van der Waals surface area contributed by atoms with Gasteiger partial charge in [0.25, 0.3) is 0 Å². The maximum Gasteiger partial charge on any atom is 0.162 e. The topological polar surface area (TPSA) is 26.3 Å². The Morgan fingerprint density at radius 2 is 1.56 bits per heavy atom. The van der Waals surface area contributed by atoms with E-state index in [1.54, 1.807) is 18.2 Å². The number of aldehydes is 1. The Morgan fingerprint density at radius 1 is 0.840 bits per heavy atom. The number of benzene rings is 3. The molecule has 0 spiro atoms. The molecule has 0 aromatic heterocycles. The summed E-state index contributed by atoms with van der Waals surface area (Å²) in [6, 6.07) is 18.8. The Balaban J connectivity index is 1.96. The van der Waals surface area contributed by atoms with Crippen molar-refractivity contribution in [2.75, 3.05) is 0 Å². The second-order valence-electron chi connectivity index (χ2n) is 5.61. The van der Waals surface area contributed by atoms with Gasteiger partial charge in [0.15, 0.2) is 11.6 Å². The van der Waals surface area contributed by atoms with Gasteiger partial charge in [0.2, 0.25) is 0 Å². The minimum Gasteiger partial charge on any atom is -0.488 e. The van der Waals surface area contributed by atoms with Crippen molar-refractivity contribution in [3.05, 3.63) is 89.5 Å². The van der Waals surface area contributed by atoms with E-state index in [0.717, 1.165) is 29.5 Å². The van der Waals surface area contributed by atoms with Crippen LogP contribution in [0.15, 0.2) is 66.7 Å². The van der Waals surface area contributed by atoms with Crippen LogP contribution in [0.5, 0.6) is 5.75 Å². The Morgan fingerprint density at radius 3 is 2.32 bits per heavy atom. The summed E-state index contributed by atoms with van der Waals surface area (Å²) >= 11 is 0. The Hall–Kier alpha value is -3.01. The van der Waals surface area contributed by atoms with Gasteiger partial charge in [-0.15, -0.1) is 0 Å². The molecule has 0 amide bonds. The number of carbonyl (C=O) groups excluding carboxylic acids is 1. The van der Waals surface area contributed by atoms with Crippen LogP contribution in [0, 0.1) is 11.6 Å². The number of ether oxygens (including phenoxy) is 1. The van der Waals surface area contributed by atoms with E-state index in [1.165, 1.54) is 0 Å². The van der Waals surface area contributed by atoms with Crippen LogP contribution < -0.4 is 4.74 Å². The second-order valence-corrected chi connectivity index (χ2v) is 5.61. The molecule has 2 nitrogen and oxygen atoms in total. The van der Waals surface area contributed by atoms with Crippen LogP contribution in [0.1, 0.15) is 11.1 Å². The first-order valence-corrected chi connectivity index (χ1v) is 7.86. The van der Waals surface area contributed by atoms with E-state index < -0.39 is 11.6 Å². The molecule has 0 radical (unpaired) electrons. The van der Waals surface area contributed by atoms with Crippen LogP contribution in [-0.4, -0.2) is 6.29 Å². The minimum atomic E-state index is -0.962. The van der Waals surface area contributed by atoms with Gasteiger partial charge >= 0.3 is 0 Å². The smallest absolute Gasteiger partial charge is 0.162 e. The van der Waals surface area contributed by atoms with E-state index in [9.17, 15) is 13.6 Å². The van der Waals surface area contributed by atoms with Gasteiger partial charge in [-0.25, -0.2) is 8.78 Å². The van der Waals surface area contributed by atoms with Gasteiger partial charge in [-0.1, -0.05) is 54.6 Å². The molecule has 3 rings (SSSR count). The van der Waals surface area contributed by atoms with Gasteiger partial charge < -0.3 is 9.53 Å². The molecule has 4 heteroatoms. The predicted octanol–water partition coefficient (Wildman–Crippen LogP) is 4.95. The molecule has 0 atom stereocenters. The zero-order valence-electron chi connectivity index (χ0n) is 13.4. The van der Waals surface area contributed by atoms with E-state index in [-0.39, 0.29) is 18.8 Å². The molecule has 0 N–H and O–H groups in total. The Bertz CT molecular complexity index is 876. The fraction of sp³-hybridized carbons (Fsp3) is 0.0952. The molecular formula is C21H16F2O2. The molecule has 126 valence electrons. The molecule has 0 bridgehead atoms. The highest BCUT2D eigenvalue weighted by molar-refractivity contribution is 5.72. The average Bonchev–Trinajstić information content (AvgIpc) is 2.64. The highest BCUT2D eigenvalue weighted by Crippen LogP contribution is 2.33. The standard InChI is InChI=1S/C21H16F2O2/c22-19-12-18(17-8-4-7-15(11-17)9-10-24)21(13-20(19)23)25-14-16-5-2-1-3-6-16/h1-8,10-13H,9,14H2. The number of hydrogen-bond acceptors (Lipinski definition) is 2. The molecule has 0 heterocycles. The zero-order valence-corrected chi connectivity index (χ0v) is 13.4. The summed E-state index contributed by atoms with van der Waals surface area (Å²) < 4.78 is 33.2. The quantitative estimate of drug-likeness (QED) is 0.594. The van der Waals surface area contributed by atoms with Gasteiger partial charge in [-0.2, -0.15) is 0 Å². The number of carbonyl (C=O) groups is 1. The van der Waals surface area contributed by atoms with E-state index in [2.05, 4.69) is 0 Å². The summed E-state index contributed by atoms with van der Waals surface area (Å²) in [4.78, 5) is 10.7. The largest absolute Gasteiger partial charge is 0.488 e. The highest BCUT2D eigenvalue weighted by Gasteiger charge is 2.13. The molecule has 0 saturated carbocycles. The molecular weight excluding hydrogens is 322 g/mol.